The van der Waals surface area contributed by atoms with Crippen LogP contribution >= 0.6 is 19.8 Å². The summed E-state index contributed by atoms with van der Waals surface area (Å²) < 4.78 is 1.24. The van der Waals surface area contributed by atoms with Crippen LogP contribution < -0.4 is 0 Å². The topological polar surface area (TPSA) is 0 Å². The Labute approximate surface area is 383 Å². The summed E-state index contributed by atoms with van der Waals surface area (Å²) in [6.45, 7) is 0. The number of hydrogen-bond donors (Lipinski definition) is 0. The molecule has 0 saturated carbocycles. The van der Waals surface area contributed by atoms with E-state index in [0.29, 0.717) is 0 Å². The van der Waals surface area contributed by atoms with E-state index in [0.717, 1.165) is 0 Å². The van der Waals surface area contributed by atoms with Gasteiger partial charge in [-0.1, -0.05) is 140 Å². The van der Waals surface area contributed by atoms with Crippen molar-refractivity contribution in [3.8, 4) is 77.9 Å². The van der Waals surface area contributed by atoms with Gasteiger partial charge in [0.25, 0.3) is 0 Å². The summed E-state index contributed by atoms with van der Waals surface area (Å²) >= 11 is -0.889. The van der Waals surface area contributed by atoms with Gasteiger partial charge in [0.2, 0.25) is 0 Å². The average molecular weight is 931 g/mol. The molecule has 0 spiro atoms. The van der Waals surface area contributed by atoms with Crippen molar-refractivity contribution in [2.24, 2.45) is 0 Å². The first-order valence-corrected chi connectivity index (χ1v) is 27.9. The molecule has 0 N–H and O–H groups in total. The summed E-state index contributed by atoms with van der Waals surface area (Å²) in [5, 5.41) is 7.54. The van der Waals surface area contributed by atoms with E-state index in [9.17, 15) is 0 Å². The Kier molecular flexibility index (Phi) is 10.7. The second-order valence-electron chi connectivity index (χ2n) is 16.9. The molecular formula is C63H47I. The molecule has 0 aliphatic heterocycles. The molecule has 64 heavy (non-hydrogen) atoms. The molecule has 0 fully saturated rings. The third-order valence-corrected chi connectivity index (χ3v) is 15.1. The summed E-state index contributed by atoms with van der Waals surface area (Å²) in [4.78, 5) is 4.89. The second kappa shape index (κ2) is 17.2. The normalized spacial score (nSPS) is 11.6. The Hall–Kier alpha value is -7.07. The average Bonchev–Trinajstić information content (AvgIpc) is 3.36. The van der Waals surface area contributed by atoms with Crippen LogP contribution in [0, 0.1) is 0 Å². The van der Waals surface area contributed by atoms with Gasteiger partial charge in [0, 0.05) is 0 Å². The molecule has 306 valence electrons. The van der Waals surface area contributed by atoms with E-state index in [4.69, 9.17) is 0 Å². The van der Waals surface area contributed by atoms with Crippen LogP contribution in [0.4, 0.5) is 0 Å². The molecule has 0 radical (unpaired) electrons. The van der Waals surface area contributed by atoms with Gasteiger partial charge in [-0.25, -0.2) is 0 Å². The van der Waals surface area contributed by atoms with Gasteiger partial charge in [0.05, 0.1) is 0 Å². The monoisotopic (exact) mass is 930 g/mol. The van der Waals surface area contributed by atoms with Gasteiger partial charge in [-0.05, 0) is 67.1 Å². The van der Waals surface area contributed by atoms with Gasteiger partial charge < -0.3 is 0 Å². The van der Waals surface area contributed by atoms with Crippen molar-refractivity contribution in [3.05, 3.63) is 242 Å². The van der Waals surface area contributed by atoms with E-state index in [-0.39, 0.29) is 0 Å². The van der Waals surface area contributed by atoms with Crippen LogP contribution in [0.5, 0.6) is 0 Å². The molecule has 0 atom stereocenters. The molecule has 0 amide bonds. The Morgan fingerprint density at radius 1 is 0.266 bits per heavy atom. The SMILES string of the molecule is CI(C)Cc1ccc(-c2c3ccccc3c(-c3ccc4ccc(-c5ccc(-c6ccccc6)cc5)c(-c5cccc(-c6ccccc6-c6ccccc6)c5)c4c3)c3ccccc23)cc1. The van der Waals surface area contributed by atoms with Crippen LogP contribution in [0.3, 0.4) is 0 Å². The molecule has 0 aliphatic carbocycles. The zero-order chi connectivity index (χ0) is 43.0. The molecule has 11 aromatic rings. The van der Waals surface area contributed by atoms with Crippen LogP contribution in [-0.2, 0) is 4.43 Å². The van der Waals surface area contributed by atoms with Gasteiger partial charge in [-0.15, -0.1) is 0 Å². The van der Waals surface area contributed by atoms with Crippen LogP contribution in [-0.4, -0.2) is 9.86 Å². The van der Waals surface area contributed by atoms with Crippen LogP contribution in [0.15, 0.2) is 237 Å². The number of alkyl halides is 3. The van der Waals surface area contributed by atoms with Crippen molar-refractivity contribution < 1.29 is 0 Å². The zero-order valence-electron chi connectivity index (χ0n) is 36.1. The fourth-order valence-corrected chi connectivity index (χ4v) is 12.0. The Morgan fingerprint density at radius 2 is 0.688 bits per heavy atom. The molecule has 0 nitrogen and oxygen atoms in total. The Bertz CT molecular complexity index is 3400. The van der Waals surface area contributed by atoms with E-state index >= 15 is 0 Å². The van der Waals surface area contributed by atoms with E-state index in [1.807, 2.05) is 0 Å². The van der Waals surface area contributed by atoms with Crippen LogP contribution in [0.25, 0.3) is 110 Å². The van der Waals surface area contributed by atoms with Crippen LogP contribution in [0.1, 0.15) is 5.56 Å². The predicted octanol–water partition coefficient (Wildman–Crippen LogP) is 18.1. The van der Waals surface area contributed by atoms with Crippen molar-refractivity contribution in [2.75, 3.05) is 9.86 Å². The first kappa shape index (κ1) is 39.8. The predicted molar refractivity (Wildman–Crippen MR) is 287 cm³/mol. The summed E-state index contributed by atoms with van der Waals surface area (Å²) in [6, 6.07) is 87.8. The van der Waals surface area contributed by atoms with Gasteiger partial charge in [-0.2, -0.15) is 0 Å². The summed E-state index contributed by atoms with van der Waals surface area (Å²) in [5.41, 5.74) is 18.7. The van der Waals surface area contributed by atoms with E-state index < -0.39 is 19.8 Å². The molecule has 0 aromatic heterocycles. The molecule has 0 aliphatic rings. The van der Waals surface area contributed by atoms with Crippen molar-refractivity contribution in [3.63, 3.8) is 0 Å². The van der Waals surface area contributed by atoms with E-state index in [1.54, 1.807) is 0 Å². The fraction of sp³-hybridized carbons (Fsp3) is 0.0476. The van der Waals surface area contributed by atoms with Gasteiger partial charge in [0.1, 0.15) is 0 Å². The molecule has 11 rings (SSSR count). The summed E-state index contributed by atoms with van der Waals surface area (Å²) in [5.74, 6) is 0. The number of halogens is 1. The van der Waals surface area contributed by atoms with Crippen molar-refractivity contribution in [1.82, 2.24) is 0 Å². The van der Waals surface area contributed by atoms with Crippen LogP contribution in [0.2, 0.25) is 0 Å². The maximum absolute atomic E-state index is 2.47. The minimum atomic E-state index is -0.889. The molecule has 0 heterocycles. The molecule has 0 bridgehead atoms. The second-order valence-corrected chi connectivity index (χ2v) is 22.9. The van der Waals surface area contributed by atoms with E-state index in [2.05, 4.69) is 246 Å². The number of hydrogen-bond acceptors (Lipinski definition) is 0. The first-order valence-electron chi connectivity index (χ1n) is 22.0. The number of rotatable bonds is 9. The number of benzene rings is 11. The van der Waals surface area contributed by atoms with E-state index in [1.165, 1.54) is 120 Å². The quantitative estimate of drug-likeness (QED) is 0.0769. The fourth-order valence-electron chi connectivity index (χ4n) is 9.77. The number of fused-ring (bicyclic) bond motifs is 3. The van der Waals surface area contributed by atoms with Gasteiger partial charge in [0.15, 0.2) is 0 Å². The summed E-state index contributed by atoms with van der Waals surface area (Å²) in [7, 11) is 0. The van der Waals surface area contributed by atoms with Crippen molar-refractivity contribution in [1.29, 1.82) is 0 Å². The molecule has 11 aromatic carbocycles. The van der Waals surface area contributed by atoms with Gasteiger partial charge in [-0.3, -0.25) is 0 Å². The Morgan fingerprint density at radius 3 is 1.31 bits per heavy atom. The molecule has 1 heteroatoms. The molecule has 0 unspecified atom stereocenters. The van der Waals surface area contributed by atoms with Crippen molar-refractivity contribution in [2.45, 2.75) is 4.43 Å². The minimum absolute atomic E-state index is 0.889. The third kappa shape index (κ3) is 7.50. The van der Waals surface area contributed by atoms with Gasteiger partial charge >= 0.3 is 180 Å². The maximum atomic E-state index is 2.47. The van der Waals surface area contributed by atoms with Crippen molar-refractivity contribution >= 4 is 52.1 Å². The standard InChI is InChI=1S/C63H47I/c1-64(2)42-43-28-30-49(31-29-43)61-56-24-11-13-26-58(56)63(59-27-14-12-25-57(59)61)52-37-36-48-38-39-55(47-34-32-45(33-35-47)44-16-5-3-6-17-44)62(60(48)41-52)51-21-15-20-50(40-51)54-23-10-9-22-53(54)46-18-7-4-8-19-46/h3-41H,42H2,1-2H3. The third-order valence-electron chi connectivity index (χ3n) is 12.7. The molecule has 0 saturated heterocycles. The Balaban J connectivity index is 1.14. The first-order chi connectivity index (χ1) is 31.6. The molecular weight excluding hydrogens is 884 g/mol. The summed E-state index contributed by atoms with van der Waals surface area (Å²) in [6.07, 6.45) is 0. The zero-order valence-corrected chi connectivity index (χ0v) is 38.3.